The fraction of sp³-hybridized carbons (Fsp3) is 0.0968. The number of rotatable bonds is 7. The molecule has 7 heteroatoms. The van der Waals surface area contributed by atoms with Gasteiger partial charge in [-0.25, -0.2) is 4.39 Å². The summed E-state index contributed by atoms with van der Waals surface area (Å²) in [7, 11) is 0. The number of hydrogen-bond donors (Lipinski definition) is 1. The summed E-state index contributed by atoms with van der Waals surface area (Å²) >= 11 is 5.91. The van der Waals surface area contributed by atoms with Crippen LogP contribution in [0.5, 0.6) is 5.75 Å². The number of carbonyl (C=O) groups is 2. The zero-order chi connectivity index (χ0) is 26.5. The van der Waals surface area contributed by atoms with Crippen LogP contribution in [0.2, 0.25) is 5.02 Å². The molecule has 0 saturated carbocycles. The molecule has 0 saturated heterocycles. The first-order valence-corrected chi connectivity index (χ1v) is 12.5. The maximum Gasteiger partial charge on any atom is 0.294 e. The number of anilines is 1. The molecule has 1 heterocycles. The van der Waals surface area contributed by atoms with Gasteiger partial charge in [0.15, 0.2) is 11.5 Å². The normalized spacial score (nSPS) is 13.7. The minimum atomic E-state index is -0.360. The topological polar surface area (TPSA) is 58.6 Å². The molecule has 5 nitrogen and oxygen atoms in total. The molecule has 0 bridgehead atoms. The molecule has 5 rings (SSSR count). The van der Waals surface area contributed by atoms with Crippen LogP contribution >= 0.6 is 11.6 Å². The van der Waals surface area contributed by atoms with Gasteiger partial charge in [0.2, 0.25) is 0 Å². The predicted molar refractivity (Wildman–Crippen MR) is 147 cm³/mol. The van der Waals surface area contributed by atoms with E-state index in [1.54, 1.807) is 59.5 Å². The highest BCUT2D eigenvalue weighted by Crippen LogP contribution is 2.36. The predicted octanol–water partition coefficient (Wildman–Crippen LogP) is 6.42. The second-order valence-electron chi connectivity index (χ2n) is 8.85. The van der Waals surface area contributed by atoms with Crippen molar-refractivity contribution < 1.29 is 18.7 Å². The molecular formula is C31H24ClFN2O3. The van der Waals surface area contributed by atoms with E-state index in [2.05, 4.69) is 5.32 Å². The molecule has 0 atom stereocenters. The van der Waals surface area contributed by atoms with E-state index in [9.17, 15) is 14.0 Å². The van der Waals surface area contributed by atoms with Gasteiger partial charge in [-0.1, -0.05) is 60.1 Å². The molecule has 4 aromatic carbocycles. The average molecular weight is 527 g/mol. The summed E-state index contributed by atoms with van der Waals surface area (Å²) in [5.41, 5.74) is 3.58. The summed E-state index contributed by atoms with van der Waals surface area (Å²) in [6.07, 6.45) is 2.33. The Morgan fingerprint density at radius 2 is 1.68 bits per heavy atom. The fourth-order valence-corrected chi connectivity index (χ4v) is 4.32. The van der Waals surface area contributed by atoms with Crippen molar-refractivity contribution in [3.63, 3.8) is 0 Å². The van der Waals surface area contributed by atoms with Crippen LogP contribution < -0.4 is 15.0 Å². The van der Waals surface area contributed by atoms with Crippen LogP contribution in [0.3, 0.4) is 0 Å². The molecule has 2 amide bonds. The molecule has 0 unspecified atom stereocenters. The van der Waals surface area contributed by atoms with Crippen LogP contribution in [0.1, 0.15) is 27.0 Å². The molecule has 1 aliphatic rings. The highest BCUT2D eigenvalue weighted by Gasteiger charge is 2.30. The second kappa shape index (κ2) is 11.3. The molecule has 1 N–H and O–H groups in total. The van der Waals surface area contributed by atoms with Gasteiger partial charge in [0.1, 0.15) is 5.82 Å². The van der Waals surface area contributed by atoms with Crippen LogP contribution in [0.25, 0.3) is 6.08 Å². The lowest BCUT2D eigenvalue weighted by Gasteiger charge is -2.30. The summed E-state index contributed by atoms with van der Waals surface area (Å²) in [4.78, 5) is 27.5. The van der Waals surface area contributed by atoms with Gasteiger partial charge in [0.25, 0.3) is 11.8 Å². The van der Waals surface area contributed by atoms with Gasteiger partial charge >= 0.3 is 0 Å². The second-order valence-corrected chi connectivity index (χ2v) is 9.29. The smallest absolute Gasteiger partial charge is 0.294 e. The Bertz CT molecular complexity index is 1500. The Morgan fingerprint density at radius 1 is 0.921 bits per heavy atom. The first kappa shape index (κ1) is 25.2. The molecule has 38 heavy (non-hydrogen) atoms. The Morgan fingerprint density at radius 3 is 2.45 bits per heavy atom. The summed E-state index contributed by atoms with van der Waals surface area (Å²) in [5.74, 6) is -0.205. The number of halogens is 2. The van der Waals surface area contributed by atoms with Gasteiger partial charge in [0.05, 0.1) is 12.2 Å². The van der Waals surface area contributed by atoms with Crippen molar-refractivity contribution in [3.8, 4) is 5.75 Å². The summed E-state index contributed by atoms with van der Waals surface area (Å²) in [5, 5.41) is 3.59. The zero-order valence-electron chi connectivity index (χ0n) is 20.4. The number of fused-ring (bicyclic) bond motifs is 1. The number of para-hydroxylation sites is 2. The molecule has 0 spiro atoms. The molecule has 190 valence electrons. The Hall–Kier alpha value is -4.42. The average Bonchev–Trinajstić information content (AvgIpc) is 2.92. The number of amides is 2. The summed E-state index contributed by atoms with van der Waals surface area (Å²) in [6, 6.07) is 27.8. The molecule has 0 fully saturated rings. The lowest BCUT2D eigenvalue weighted by atomic mass is 10.1. The van der Waals surface area contributed by atoms with Crippen molar-refractivity contribution in [2.45, 2.75) is 13.0 Å². The van der Waals surface area contributed by atoms with Crippen molar-refractivity contribution in [3.05, 3.63) is 136 Å². The lowest BCUT2D eigenvalue weighted by Crippen LogP contribution is -2.36. The maximum absolute atomic E-state index is 13.8. The van der Waals surface area contributed by atoms with Crippen LogP contribution in [0, 0.1) is 5.82 Å². The van der Waals surface area contributed by atoms with Gasteiger partial charge in [-0.05, 0) is 77.7 Å². The molecule has 4 aromatic rings. The molecule has 0 aliphatic carbocycles. The number of nitrogens with zero attached hydrogens (tertiary/aromatic N) is 1. The van der Waals surface area contributed by atoms with Crippen molar-refractivity contribution in [2.75, 3.05) is 11.4 Å². The van der Waals surface area contributed by atoms with E-state index in [0.717, 1.165) is 5.56 Å². The first-order chi connectivity index (χ1) is 18.5. The van der Waals surface area contributed by atoms with Gasteiger partial charge in [-0.3, -0.25) is 14.5 Å². The monoisotopic (exact) mass is 526 g/mol. The van der Waals surface area contributed by atoms with E-state index in [1.807, 2.05) is 36.4 Å². The van der Waals surface area contributed by atoms with Crippen molar-refractivity contribution >= 4 is 35.2 Å². The molecule has 0 aromatic heterocycles. The van der Waals surface area contributed by atoms with Crippen LogP contribution in [0.4, 0.5) is 10.1 Å². The Labute approximate surface area is 225 Å². The minimum absolute atomic E-state index is 0.139. The van der Waals surface area contributed by atoms with Gasteiger partial charge in [-0.15, -0.1) is 0 Å². The zero-order valence-corrected chi connectivity index (χ0v) is 21.1. The lowest BCUT2D eigenvalue weighted by molar-refractivity contribution is -0.117. The van der Waals surface area contributed by atoms with Crippen molar-refractivity contribution in [1.29, 1.82) is 0 Å². The SMILES string of the molecule is O=C(NCCc1ccc(Cl)cc1)c1ccc(/C=C2\Oc3ccccc3N(Cc3cccc(F)c3)C2=O)cc1. The van der Waals surface area contributed by atoms with E-state index < -0.39 is 0 Å². The van der Waals surface area contributed by atoms with Crippen LogP contribution in [-0.4, -0.2) is 18.4 Å². The van der Waals surface area contributed by atoms with Crippen molar-refractivity contribution in [1.82, 2.24) is 5.32 Å². The molecular weight excluding hydrogens is 503 g/mol. The summed E-state index contributed by atoms with van der Waals surface area (Å²) < 4.78 is 19.7. The third-order valence-corrected chi connectivity index (χ3v) is 6.40. The van der Waals surface area contributed by atoms with E-state index in [4.69, 9.17) is 16.3 Å². The Balaban J connectivity index is 1.29. The quantitative estimate of drug-likeness (QED) is 0.283. The van der Waals surface area contributed by atoms with Gasteiger partial charge in [-0.2, -0.15) is 0 Å². The maximum atomic E-state index is 13.8. The largest absolute Gasteiger partial charge is 0.449 e. The van der Waals surface area contributed by atoms with Gasteiger partial charge in [0, 0.05) is 17.1 Å². The standard InChI is InChI=1S/C31H24ClFN2O3/c32-25-14-10-21(11-15-25)16-17-34-30(36)24-12-8-22(9-13-24)19-29-31(37)35(20-23-4-3-5-26(33)18-23)27-6-1-2-7-28(27)38-29/h1-15,18-19H,16-17,20H2,(H,34,36)/b29-19-. The van der Waals surface area contributed by atoms with E-state index in [1.165, 1.54) is 12.1 Å². The fourth-order valence-electron chi connectivity index (χ4n) is 4.19. The molecule has 1 aliphatic heterocycles. The highest BCUT2D eigenvalue weighted by molar-refractivity contribution is 6.30. The third-order valence-electron chi connectivity index (χ3n) is 6.14. The van der Waals surface area contributed by atoms with Crippen LogP contribution in [0.15, 0.2) is 103 Å². The van der Waals surface area contributed by atoms with E-state index in [0.29, 0.717) is 46.1 Å². The van der Waals surface area contributed by atoms with Gasteiger partial charge < -0.3 is 10.1 Å². The first-order valence-electron chi connectivity index (χ1n) is 12.1. The van der Waals surface area contributed by atoms with E-state index in [-0.39, 0.29) is 29.9 Å². The third kappa shape index (κ3) is 5.93. The number of hydrogen-bond acceptors (Lipinski definition) is 3. The highest BCUT2D eigenvalue weighted by atomic mass is 35.5. The number of carbonyl (C=O) groups excluding carboxylic acids is 2. The van der Waals surface area contributed by atoms with Crippen molar-refractivity contribution in [2.24, 2.45) is 0 Å². The molecule has 0 radical (unpaired) electrons. The number of benzene rings is 4. The Kier molecular flexibility index (Phi) is 7.52. The summed E-state index contributed by atoms with van der Waals surface area (Å²) in [6.45, 7) is 0.693. The van der Waals surface area contributed by atoms with E-state index >= 15 is 0 Å². The minimum Gasteiger partial charge on any atom is -0.449 e. The van der Waals surface area contributed by atoms with Crippen LogP contribution in [-0.2, 0) is 17.8 Å². The number of nitrogens with one attached hydrogen (secondary N) is 1. The number of ether oxygens (including phenoxy) is 1.